The van der Waals surface area contributed by atoms with Crippen molar-refractivity contribution in [2.75, 3.05) is 39.1 Å². The summed E-state index contributed by atoms with van der Waals surface area (Å²) in [7, 11) is 5.73. The molecule has 0 radical (unpaired) electrons. The lowest BCUT2D eigenvalue weighted by atomic mass is 10.3. The largest absolute Gasteiger partial charge is 0.354 e. The minimum absolute atomic E-state index is 0.218. The van der Waals surface area contributed by atoms with Crippen LogP contribution in [0.5, 0.6) is 0 Å². The molecule has 1 aliphatic heterocycles. The molecule has 7 nitrogen and oxygen atoms in total. The number of nitrogens with one attached hydrogen (secondary N) is 2. The van der Waals surface area contributed by atoms with Gasteiger partial charge in [-0.15, -0.1) is 11.3 Å². The fourth-order valence-corrected chi connectivity index (χ4v) is 3.23. The Balaban J connectivity index is 1.81. The molecule has 0 aromatic carbocycles. The zero-order valence-corrected chi connectivity index (χ0v) is 15.1. The van der Waals surface area contributed by atoms with E-state index in [1.54, 1.807) is 18.4 Å². The molecular weight excluding hydrogens is 312 g/mol. The van der Waals surface area contributed by atoms with E-state index >= 15 is 0 Å². The zero-order valence-electron chi connectivity index (χ0n) is 14.3. The highest BCUT2D eigenvalue weighted by molar-refractivity contribution is 7.13. The first-order valence-electron chi connectivity index (χ1n) is 7.90. The Morgan fingerprint density at radius 1 is 1.57 bits per heavy atom. The summed E-state index contributed by atoms with van der Waals surface area (Å²) in [4.78, 5) is 24.4. The number of likely N-dealkylation sites (tertiary alicyclic amines) is 1. The Bertz CT molecular complexity index is 556. The number of aromatic nitrogens is 1. The van der Waals surface area contributed by atoms with E-state index in [0.29, 0.717) is 13.0 Å². The standard InChI is InChI=1S/C15H26N6OS/c1-5-13(22)21-7-6-11(9-21)18-14(16-2)17-8-12-10-23-15(19-12)20(3)4/h10-11H,5-9H2,1-4H3,(H2,16,17,18). The summed E-state index contributed by atoms with van der Waals surface area (Å²) in [6, 6.07) is 0.254. The number of hydrogen-bond donors (Lipinski definition) is 2. The number of nitrogens with zero attached hydrogens (tertiary/aromatic N) is 4. The molecule has 1 atom stereocenters. The predicted molar refractivity (Wildman–Crippen MR) is 95.1 cm³/mol. The van der Waals surface area contributed by atoms with E-state index in [4.69, 9.17) is 0 Å². The number of anilines is 1. The lowest BCUT2D eigenvalue weighted by molar-refractivity contribution is -0.129. The van der Waals surface area contributed by atoms with E-state index < -0.39 is 0 Å². The number of aliphatic imine (C=N–C) groups is 1. The van der Waals surface area contributed by atoms with E-state index in [1.807, 2.05) is 36.2 Å². The van der Waals surface area contributed by atoms with Crippen LogP contribution >= 0.6 is 11.3 Å². The Labute approximate surface area is 141 Å². The Hall–Kier alpha value is -1.83. The van der Waals surface area contributed by atoms with Crippen LogP contribution in [0, 0.1) is 0 Å². The van der Waals surface area contributed by atoms with Crippen molar-refractivity contribution >= 4 is 28.3 Å². The fourth-order valence-electron chi connectivity index (χ4n) is 2.47. The summed E-state index contributed by atoms with van der Waals surface area (Å²) in [5.74, 6) is 0.969. The molecule has 1 saturated heterocycles. The van der Waals surface area contributed by atoms with Gasteiger partial charge in [0, 0.05) is 52.1 Å². The minimum atomic E-state index is 0.218. The summed E-state index contributed by atoms with van der Waals surface area (Å²) in [5, 5.41) is 9.71. The highest BCUT2D eigenvalue weighted by Crippen LogP contribution is 2.17. The van der Waals surface area contributed by atoms with E-state index in [-0.39, 0.29) is 11.9 Å². The monoisotopic (exact) mass is 338 g/mol. The molecule has 8 heteroatoms. The molecule has 1 aliphatic rings. The van der Waals surface area contributed by atoms with Gasteiger partial charge in [-0.25, -0.2) is 4.98 Å². The Morgan fingerprint density at radius 3 is 2.96 bits per heavy atom. The molecule has 2 N–H and O–H groups in total. The van der Waals surface area contributed by atoms with E-state index in [9.17, 15) is 4.79 Å². The second kappa shape index (κ2) is 8.14. The van der Waals surface area contributed by atoms with Gasteiger partial charge in [-0.1, -0.05) is 6.92 Å². The van der Waals surface area contributed by atoms with Crippen molar-refractivity contribution in [1.29, 1.82) is 0 Å². The summed E-state index contributed by atoms with van der Waals surface area (Å²) in [6.45, 7) is 4.10. The fraction of sp³-hybridized carbons (Fsp3) is 0.667. The SMILES string of the molecule is CCC(=O)N1CCC(NC(=NC)NCc2csc(N(C)C)n2)C1. The third-order valence-electron chi connectivity index (χ3n) is 3.77. The summed E-state index contributed by atoms with van der Waals surface area (Å²) in [6.07, 6.45) is 1.52. The van der Waals surface area contributed by atoms with Crippen LogP contribution in [0.2, 0.25) is 0 Å². The molecule has 1 unspecified atom stereocenters. The second-order valence-corrected chi connectivity index (χ2v) is 6.60. The molecule has 0 spiro atoms. The average Bonchev–Trinajstić information content (AvgIpc) is 3.19. The average molecular weight is 338 g/mol. The Kier molecular flexibility index (Phi) is 6.20. The quantitative estimate of drug-likeness (QED) is 0.616. The number of thiazole rings is 1. The molecule has 128 valence electrons. The van der Waals surface area contributed by atoms with Crippen molar-refractivity contribution in [3.8, 4) is 0 Å². The maximum absolute atomic E-state index is 11.7. The van der Waals surface area contributed by atoms with Crippen LogP contribution in [0.1, 0.15) is 25.5 Å². The lowest BCUT2D eigenvalue weighted by Gasteiger charge is -2.18. The second-order valence-electron chi connectivity index (χ2n) is 5.76. The molecule has 0 aliphatic carbocycles. The number of guanidine groups is 1. The summed E-state index contributed by atoms with van der Waals surface area (Å²) < 4.78 is 0. The van der Waals surface area contributed by atoms with Gasteiger partial charge in [-0.05, 0) is 6.42 Å². The van der Waals surface area contributed by atoms with Gasteiger partial charge in [0.05, 0.1) is 12.2 Å². The van der Waals surface area contributed by atoms with Gasteiger partial charge in [0.1, 0.15) is 0 Å². The Morgan fingerprint density at radius 2 is 2.35 bits per heavy atom. The highest BCUT2D eigenvalue weighted by atomic mass is 32.1. The van der Waals surface area contributed by atoms with Crippen LogP contribution in [0.25, 0.3) is 0 Å². The molecule has 23 heavy (non-hydrogen) atoms. The number of rotatable bonds is 5. The molecule has 0 bridgehead atoms. The van der Waals surface area contributed by atoms with Gasteiger partial charge < -0.3 is 20.4 Å². The van der Waals surface area contributed by atoms with Gasteiger partial charge in [0.2, 0.25) is 5.91 Å². The van der Waals surface area contributed by atoms with Crippen molar-refractivity contribution in [2.24, 2.45) is 4.99 Å². The first kappa shape index (κ1) is 17.5. The van der Waals surface area contributed by atoms with E-state index in [1.165, 1.54) is 0 Å². The van der Waals surface area contributed by atoms with Gasteiger partial charge in [0.25, 0.3) is 0 Å². The van der Waals surface area contributed by atoms with Crippen LogP contribution in [0.4, 0.5) is 5.13 Å². The topological polar surface area (TPSA) is 72.9 Å². The van der Waals surface area contributed by atoms with Crippen LogP contribution in [0.15, 0.2) is 10.4 Å². The number of hydrogen-bond acceptors (Lipinski definition) is 5. The molecule has 1 fully saturated rings. The van der Waals surface area contributed by atoms with E-state index in [0.717, 1.165) is 36.3 Å². The number of carbonyl (C=O) groups is 1. The van der Waals surface area contributed by atoms with Crippen molar-refractivity contribution in [3.05, 3.63) is 11.1 Å². The molecule has 2 rings (SSSR count). The molecule has 1 aromatic heterocycles. The molecule has 2 heterocycles. The summed E-state index contributed by atoms with van der Waals surface area (Å²) in [5.41, 5.74) is 0.996. The van der Waals surface area contributed by atoms with Crippen LogP contribution < -0.4 is 15.5 Å². The maximum atomic E-state index is 11.7. The van der Waals surface area contributed by atoms with Gasteiger partial charge in [-0.3, -0.25) is 9.79 Å². The number of amides is 1. The van der Waals surface area contributed by atoms with Crippen molar-refractivity contribution in [1.82, 2.24) is 20.5 Å². The van der Waals surface area contributed by atoms with Crippen LogP contribution in [-0.4, -0.2) is 62.0 Å². The van der Waals surface area contributed by atoms with E-state index in [2.05, 4.69) is 20.6 Å². The van der Waals surface area contributed by atoms with Crippen molar-refractivity contribution in [3.63, 3.8) is 0 Å². The maximum Gasteiger partial charge on any atom is 0.222 e. The van der Waals surface area contributed by atoms with Crippen LogP contribution in [0.3, 0.4) is 0 Å². The molecule has 1 amide bonds. The van der Waals surface area contributed by atoms with Gasteiger partial charge in [-0.2, -0.15) is 0 Å². The molecule has 1 aromatic rings. The highest BCUT2D eigenvalue weighted by Gasteiger charge is 2.25. The van der Waals surface area contributed by atoms with Gasteiger partial charge >= 0.3 is 0 Å². The van der Waals surface area contributed by atoms with Crippen molar-refractivity contribution in [2.45, 2.75) is 32.4 Å². The first-order valence-corrected chi connectivity index (χ1v) is 8.78. The number of carbonyl (C=O) groups excluding carboxylic acids is 1. The van der Waals surface area contributed by atoms with Crippen LogP contribution in [-0.2, 0) is 11.3 Å². The smallest absolute Gasteiger partial charge is 0.222 e. The lowest BCUT2D eigenvalue weighted by Crippen LogP contribution is -2.44. The third-order valence-corrected chi connectivity index (χ3v) is 4.82. The first-order chi connectivity index (χ1) is 11.0. The normalized spacial score (nSPS) is 18.2. The molecular formula is C15H26N6OS. The summed E-state index contributed by atoms with van der Waals surface area (Å²) >= 11 is 1.63. The predicted octanol–water partition coefficient (Wildman–Crippen LogP) is 0.885. The minimum Gasteiger partial charge on any atom is -0.354 e. The third kappa shape index (κ3) is 4.82. The van der Waals surface area contributed by atoms with Gasteiger partial charge in [0.15, 0.2) is 11.1 Å². The van der Waals surface area contributed by atoms with Crippen molar-refractivity contribution < 1.29 is 4.79 Å². The molecule has 0 saturated carbocycles. The zero-order chi connectivity index (χ0) is 16.8.